The van der Waals surface area contributed by atoms with E-state index in [-0.39, 0.29) is 17.4 Å². The molecule has 0 aromatic heterocycles. The van der Waals surface area contributed by atoms with Crippen LogP contribution in [0.4, 0.5) is 5.69 Å². The molecule has 2 aromatic carbocycles. The first-order valence-corrected chi connectivity index (χ1v) is 10.6. The molecule has 1 N–H and O–H groups in total. The van der Waals surface area contributed by atoms with E-state index in [9.17, 15) is 14.7 Å². The normalized spacial score (nSPS) is 22.9. The molecule has 0 radical (unpaired) electrons. The number of Topliss-reactive ketones (excluding diaryl/α,β-unsaturated/α-hetero) is 1. The van der Waals surface area contributed by atoms with E-state index in [2.05, 4.69) is 0 Å². The van der Waals surface area contributed by atoms with Crippen LogP contribution in [0.1, 0.15) is 35.6 Å². The summed E-state index contributed by atoms with van der Waals surface area (Å²) in [6.45, 7) is 2.95. The number of aryl methyl sites for hydroxylation is 1. The van der Waals surface area contributed by atoms with Gasteiger partial charge in [-0.1, -0.05) is 42.0 Å². The summed E-state index contributed by atoms with van der Waals surface area (Å²) in [5, 5.41) is 11.1. The highest BCUT2D eigenvalue weighted by atomic mass is 16.5. The Kier molecular flexibility index (Phi) is 5.83. The second kappa shape index (κ2) is 8.55. The van der Waals surface area contributed by atoms with Crippen LogP contribution in [0, 0.1) is 6.92 Å². The second-order valence-corrected chi connectivity index (χ2v) is 8.44. The van der Waals surface area contributed by atoms with Crippen LogP contribution in [0.5, 0.6) is 0 Å². The largest absolute Gasteiger partial charge is 0.507 e. The fraction of sp³-hybridized carbons (Fsp3) is 0.360. The number of aliphatic hydroxyl groups excluding tert-OH is 1. The van der Waals surface area contributed by atoms with Crippen LogP contribution in [0.3, 0.4) is 0 Å². The first-order chi connectivity index (χ1) is 14.9. The number of carbonyl (C=O) groups is 2. The highest BCUT2D eigenvalue weighted by molar-refractivity contribution is 6.46. The molecule has 0 spiro atoms. The van der Waals surface area contributed by atoms with E-state index in [1.54, 1.807) is 17.0 Å². The molecule has 2 fully saturated rings. The van der Waals surface area contributed by atoms with Gasteiger partial charge in [0.15, 0.2) is 0 Å². The fourth-order valence-corrected chi connectivity index (χ4v) is 4.24. The van der Waals surface area contributed by atoms with Crippen LogP contribution in [-0.2, 0) is 14.3 Å². The number of anilines is 1. The number of ether oxygens (including phenoxy) is 1. The molecule has 2 aliphatic heterocycles. The van der Waals surface area contributed by atoms with Gasteiger partial charge in [0.2, 0.25) is 0 Å². The molecule has 2 saturated heterocycles. The van der Waals surface area contributed by atoms with Gasteiger partial charge in [-0.3, -0.25) is 9.59 Å². The Morgan fingerprint density at radius 2 is 1.77 bits per heavy atom. The van der Waals surface area contributed by atoms with E-state index < -0.39 is 17.7 Å². The van der Waals surface area contributed by atoms with Gasteiger partial charge in [-0.2, -0.15) is 0 Å². The van der Waals surface area contributed by atoms with E-state index in [1.165, 1.54) is 0 Å². The minimum Gasteiger partial charge on any atom is -0.507 e. The molecule has 2 atom stereocenters. The number of ketones is 1. The zero-order valence-corrected chi connectivity index (χ0v) is 18.2. The number of nitrogens with zero attached hydrogens (tertiary/aromatic N) is 2. The lowest BCUT2D eigenvalue weighted by Crippen LogP contribution is -2.36. The van der Waals surface area contributed by atoms with Crippen LogP contribution in [0.25, 0.3) is 5.76 Å². The zero-order valence-electron chi connectivity index (χ0n) is 18.2. The van der Waals surface area contributed by atoms with Gasteiger partial charge in [-0.05, 0) is 37.5 Å². The summed E-state index contributed by atoms with van der Waals surface area (Å²) in [6, 6.07) is 14.4. The average molecular weight is 421 g/mol. The molecule has 4 rings (SSSR count). The summed E-state index contributed by atoms with van der Waals surface area (Å²) < 4.78 is 5.74. The fourth-order valence-electron chi connectivity index (χ4n) is 4.24. The number of carbonyl (C=O) groups excluding carboxylic acids is 2. The molecule has 162 valence electrons. The lowest BCUT2D eigenvalue weighted by atomic mass is 9.94. The lowest BCUT2D eigenvalue weighted by Gasteiger charge is -2.28. The number of benzene rings is 2. The number of amides is 1. The minimum atomic E-state index is -0.655. The van der Waals surface area contributed by atoms with E-state index in [0.29, 0.717) is 18.7 Å². The summed E-state index contributed by atoms with van der Waals surface area (Å²) >= 11 is 0. The van der Waals surface area contributed by atoms with Crippen molar-refractivity contribution in [2.24, 2.45) is 0 Å². The molecule has 2 aliphatic rings. The number of hydrogen-bond acceptors (Lipinski definition) is 5. The van der Waals surface area contributed by atoms with Gasteiger partial charge < -0.3 is 19.6 Å². The summed E-state index contributed by atoms with van der Waals surface area (Å²) in [7, 11) is 3.91. The smallest absolute Gasteiger partial charge is 0.295 e. The Hall–Kier alpha value is -3.12. The zero-order chi connectivity index (χ0) is 22.1. The quantitative estimate of drug-likeness (QED) is 0.454. The average Bonchev–Trinajstić information content (AvgIpc) is 3.36. The van der Waals surface area contributed by atoms with Crippen molar-refractivity contribution in [3.8, 4) is 0 Å². The Morgan fingerprint density at radius 1 is 1.10 bits per heavy atom. The number of rotatable bonds is 5. The van der Waals surface area contributed by atoms with Gasteiger partial charge in [0, 0.05) is 38.5 Å². The first kappa shape index (κ1) is 21.1. The monoisotopic (exact) mass is 420 g/mol. The molecule has 6 nitrogen and oxygen atoms in total. The van der Waals surface area contributed by atoms with Crippen molar-refractivity contribution in [1.82, 2.24) is 4.90 Å². The third-order valence-electron chi connectivity index (χ3n) is 6.01. The summed E-state index contributed by atoms with van der Waals surface area (Å²) in [5.74, 6) is -1.39. The third kappa shape index (κ3) is 4.08. The summed E-state index contributed by atoms with van der Waals surface area (Å²) in [6.07, 6.45) is 1.70. The lowest BCUT2D eigenvalue weighted by molar-refractivity contribution is -0.140. The van der Waals surface area contributed by atoms with Gasteiger partial charge >= 0.3 is 0 Å². The first-order valence-electron chi connectivity index (χ1n) is 10.6. The van der Waals surface area contributed by atoms with Crippen molar-refractivity contribution in [2.45, 2.75) is 31.9 Å². The van der Waals surface area contributed by atoms with Crippen molar-refractivity contribution < 1.29 is 19.4 Å². The van der Waals surface area contributed by atoms with E-state index >= 15 is 0 Å². The van der Waals surface area contributed by atoms with Crippen LogP contribution < -0.4 is 4.90 Å². The Bertz CT molecular complexity index is 1000. The molecular weight excluding hydrogens is 392 g/mol. The highest BCUT2D eigenvalue weighted by Crippen LogP contribution is 2.40. The van der Waals surface area contributed by atoms with Crippen molar-refractivity contribution in [3.05, 3.63) is 70.8 Å². The van der Waals surface area contributed by atoms with Gasteiger partial charge in [0.25, 0.3) is 11.7 Å². The van der Waals surface area contributed by atoms with Crippen molar-refractivity contribution in [1.29, 1.82) is 0 Å². The van der Waals surface area contributed by atoms with Crippen molar-refractivity contribution in [2.75, 3.05) is 32.1 Å². The molecule has 2 aromatic rings. The molecule has 0 aliphatic carbocycles. The molecule has 6 heteroatoms. The molecule has 2 unspecified atom stereocenters. The Labute approximate surface area is 182 Å². The van der Waals surface area contributed by atoms with Gasteiger partial charge in [-0.25, -0.2) is 0 Å². The summed E-state index contributed by atoms with van der Waals surface area (Å²) in [5.41, 5.74) is 3.50. The van der Waals surface area contributed by atoms with E-state index in [1.807, 2.05) is 62.3 Å². The predicted octanol–water partition coefficient (Wildman–Crippen LogP) is 3.66. The standard InChI is InChI=1S/C25H28N2O4/c1-16-6-8-18(9-7-16)23(28)21-22(17-10-12-19(13-11-17)26(2)3)27(25(30)24(21)29)15-20-5-4-14-31-20/h6-13,20,22,28H,4-5,14-15H2,1-3H3. The molecule has 0 saturated carbocycles. The minimum absolute atomic E-state index is 0.0961. The SMILES string of the molecule is Cc1ccc(C(O)=C2C(=O)C(=O)N(CC3CCCO3)C2c2ccc(N(C)C)cc2)cc1. The number of aliphatic hydroxyl groups is 1. The van der Waals surface area contributed by atoms with Gasteiger partial charge in [0.1, 0.15) is 5.76 Å². The molecule has 0 bridgehead atoms. The van der Waals surface area contributed by atoms with E-state index in [4.69, 9.17) is 4.74 Å². The van der Waals surface area contributed by atoms with Crippen LogP contribution in [-0.4, -0.2) is 55.0 Å². The second-order valence-electron chi connectivity index (χ2n) is 8.44. The van der Waals surface area contributed by atoms with E-state index in [0.717, 1.165) is 29.7 Å². The number of hydrogen-bond donors (Lipinski definition) is 1. The molecule has 2 heterocycles. The molecular formula is C25H28N2O4. The molecule has 31 heavy (non-hydrogen) atoms. The van der Waals surface area contributed by atoms with Crippen LogP contribution >= 0.6 is 0 Å². The maximum atomic E-state index is 13.1. The topological polar surface area (TPSA) is 70.1 Å². The maximum absolute atomic E-state index is 13.1. The Balaban J connectivity index is 1.80. The number of likely N-dealkylation sites (tertiary alicyclic amines) is 1. The third-order valence-corrected chi connectivity index (χ3v) is 6.01. The van der Waals surface area contributed by atoms with Gasteiger partial charge in [0.05, 0.1) is 17.7 Å². The van der Waals surface area contributed by atoms with Crippen molar-refractivity contribution in [3.63, 3.8) is 0 Å². The van der Waals surface area contributed by atoms with Crippen LogP contribution in [0.15, 0.2) is 54.1 Å². The summed E-state index contributed by atoms with van der Waals surface area (Å²) in [4.78, 5) is 29.6. The van der Waals surface area contributed by atoms with Crippen molar-refractivity contribution >= 4 is 23.1 Å². The van der Waals surface area contributed by atoms with Gasteiger partial charge in [-0.15, -0.1) is 0 Å². The van der Waals surface area contributed by atoms with Crippen LogP contribution in [0.2, 0.25) is 0 Å². The predicted molar refractivity (Wildman–Crippen MR) is 120 cm³/mol. The maximum Gasteiger partial charge on any atom is 0.295 e. The molecule has 1 amide bonds. The Morgan fingerprint density at radius 3 is 2.35 bits per heavy atom. The highest BCUT2D eigenvalue weighted by Gasteiger charge is 2.47.